The molecule has 268 valence electrons. The molecule has 0 aromatic carbocycles. The molecule has 5 aliphatic carbocycles. The van der Waals surface area contributed by atoms with Gasteiger partial charge in [-0.25, -0.2) is 0 Å². The molecular formula is C36H58O11. The maximum atomic E-state index is 14.4. The molecule has 0 aromatic heterocycles. The lowest BCUT2D eigenvalue weighted by molar-refractivity contribution is -0.298. The number of aliphatic hydroxyl groups excluding tert-OH is 8. The quantitative estimate of drug-likeness (QED) is 0.160. The summed E-state index contributed by atoms with van der Waals surface area (Å²) < 4.78 is 11.5. The summed E-state index contributed by atoms with van der Waals surface area (Å²) in [7, 11) is 0. The Morgan fingerprint density at radius 3 is 2.15 bits per heavy atom. The molecule has 11 nitrogen and oxygen atoms in total. The molecule has 0 unspecified atom stereocenters. The average molecular weight is 667 g/mol. The van der Waals surface area contributed by atoms with Crippen molar-refractivity contribution in [3.8, 4) is 0 Å². The van der Waals surface area contributed by atoms with Gasteiger partial charge in [0.05, 0.1) is 36.9 Å². The molecule has 11 heteroatoms. The number of allylic oxidation sites excluding steroid dienone is 2. The molecule has 4 saturated carbocycles. The van der Waals surface area contributed by atoms with Crippen LogP contribution in [-0.2, 0) is 14.3 Å². The first-order valence-corrected chi connectivity index (χ1v) is 17.6. The van der Waals surface area contributed by atoms with Crippen LogP contribution in [0.15, 0.2) is 11.6 Å². The van der Waals surface area contributed by atoms with Crippen molar-refractivity contribution in [2.45, 2.75) is 142 Å². The molecule has 0 aromatic rings. The minimum absolute atomic E-state index is 0.0374. The standard InChI is InChI=1S/C36H58O11/c1-31(2)9-11-36(30(45)47-29-26(43)25(42)24(41)22(16-37)46-29)12-10-34(5)18(19(36)13-31)7-8-23-32(3)14-21(40)28(44)33(4,17-38)27(32)20(39)15-35(23,34)6/h7,19-29,37-44H,8-17H2,1-6H3/t19-,20-,21-,22-,23-,24-,25+,26-,27-,28+,29+,32-,33+,34-,35-,36+/m1/s1. The first-order chi connectivity index (χ1) is 21.8. The molecule has 0 bridgehead atoms. The summed E-state index contributed by atoms with van der Waals surface area (Å²) in [6, 6.07) is 0. The van der Waals surface area contributed by atoms with Gasteiger partial charge >= 0.3 is 5.97 Å². The maximum absolute atomic E-state index is 14.4. The van der Waals surface area contributed by atoms with Crippen LogP contribution in [0.5, 0.6) is 0 Å². The first-order valence-electron chi connectivity index (χ1n) is 17.6. The van der Waals surface area contributed by atoms with Crippen molar-refractivity contribution in [2.24, 2.45) is 50.2 Å². The van der Waals surface area contributed by atoms with E-state index >= 15 is 0 Å². The number of rotatable bonds is 4. The third-order valence-electron chi connectivity index (χ3n) is 15.1. The molecule has 1 aliphatic heterocycles. The zero-order chi connectivity index (χ0) is 34.7. The summed E-state index contributed by atoms with van der Waals surface area (Å²) in [6.45, 7) is 11.8. The van der Waals surface area contributed by atoms with E-state index in [1.807, 2.05) is 0 Å². The molecule has 47 heavy (non-hydrogen) atoms. The number of fused-ring (bicyclic) bond motifs is 7. The number of carbonyl (C=O) groups excluding carboxylic acids is 1. The normalized spacial score (nSPS) is 55.4. The number of carbonyl (C=O) groups is 1. The van der Waals surface area contributed by atoms with Crippen LogP contribution in [0.2, 0.25) is 0 Å². The van der Waals surface area contributed by atoms with Gasteiger partial charge in [0.25, 0.3) is 0 Å². The van der Waals surface area contributed by atoms with E-state index in [4.69, 9.17) is 9.47 Å². The Balaban J connectivity index is 1.38. The summed E-state index contributed by atoms with van der Waals surface area (Å²) in [6.07, 6.45) is -3.65. The molecule has 1 saturated heterocycles. The number of hydrogen-bond acceptors (Lipinski definition) is 11. The van der Waals surface area contributed by atoms with Crippen molar-refractivity contribution in [1.82, 2.24) is 0 Å². The van der Waals surface area contributed by atoms with Gasteiger partial charge in [-0.15, -0.1) is 0 Å². The van der Waals surface area contributed by atoms with Crippen LogP contribution >= 0.6 is 0 Å². The fraction of sp³-hybridized carbons (Fsp3) is 0.917. The van der Waals surface area contributed by atoms with E-state index in [0.29, 0.717) is 38.5 Å². The van der Waals surface area contributed by atoms with Crippen LogP contribution in [0, 0.1) is 50.2 Å². The molecular weight excluding hydrogens is 608 g/mol. The van der Waals surface area contributed by atoms with Crippen LogP contribution in [0.1, 0.15) is 92.9 Å². The summed E-state index contributed by atoms with van der Waals surface area (Å²) in [5.41, 5.74) is -2.27. The van der Waals surface area contributed by atoms with E-state index in [1.165, 1.54) is 5.57 Å². The van der Waals surface area contributed by atoms with Crippen molar-refractivity contribution in [1.29, 1.82) is 0 Å². The van der Waals surface area contributed by atoms with Crippen LogP contribution in [0.4, 0.5) is 0 Å². The highest BCUT2D eigenvalue weighted by molar-refractivity contribution is 5.79. The Hall–Kier alpha value is -1.15. The number of aliphatic hydroxyl groups is 8. The lowest BCUT2D eigenvalue weighted by Crippen LogP contribution is -2.71. The zero-order valence-electron chi connectivity index (χ0n) is 28.8. The highest BCUT2D eigenvalue weighted by Crippen LogP contribution is 2.75. The number of esters is 1. The zero-order valence-corrected chi connectivity index (χ0v) is 28.8. The second-order valence-corrected chi connectivity index (χ2v) is 18.0. The van der Waals surface area contributed by atoms with Gasteiger partial charge in [0, 0.05) is 11.3 Å². The van der Waals surface area contributed by atoms with Crippen LogP contribution in [0.25, 0.3) is 0 Å². The Morgan fingerprint density at radius 2 is 1.51 bits per heavy atom. The van der Waals surface area contributed by atoms with E-state index in [0.717, 1.165) is 12.8 Å². The average Bonchev–Trinajstić information content (AvgIpc) is 3.00. The van der Waals surface area contributed by atoms with Crippen molar-refractivity contribution in [3.63, 3.8) is 0 Å². The summed E-state index contributed by atoms with van der Waals surface area (Å²) in [5.74, 6) is -1.09. The van der Waals surface area contributed by atoms with E-state index in [2.05, 4.69) is 40.7 Å². The topological polar surface area (TPSA) is 197 Å². The van der Waals surface area contributed by atoms with E-state index in [9.17, 15) is 45.6 Å². The van der Waals surface area contributed by atoms with Gasteiger partial charge in [-0.2, -0.15) is 0 Å². The predicted octanol–water partition coefficient (Wildman–Crippen LogP) is 1.41. The molecule has 0 amide bonds. The fourth-order valence-electron chi connectivity index (χ4n) is 12.3. The van der Waals surface area contributed by atoms with E-state index in [-0.39, 0.29) is 23.9 Å². The second kappa shape index (κ2) is 11.4. The van der Waals surface area contributed by atoms with Gasteiger partial charge in [-0.05, 0) is 84.9 Å². The van der Waals surface area contributed by atoms with Crippen LogP contribution in [-0.4, -0.2) is 109 Å². The van der Waals surface area contributed by atoms with Gasteiger partial charge in [0.15, 0.2) is 0 Å². The SMILES string of the molecule is CC1(C)CC[C@]2(C(=O)O[C@@H]3O[C@H](CO)[C@@H](O)[C@H](O)[C@H]3O)CC[C@]3(C)C(=CC[C@@H]4[C@@]5(C)C[C@@H](O)[C@H](O)[C@@](C)(CO)[C@@H]5[C@H](O)C[C@]43C)[C@H]2C1. The van der Waals surface area contributed by atoms with Crippen LogP contribution < -0.4 is 0 Å². The van der Waals surface area contributed by atoms with Crippen molar-refractivity contribution in [2.75, 3.05) is 13.2 Å². The van der Waals surface area contributed by atoms with Crippen molar-refractivity contribution < 1.29 is 55.1 Å². The summed E-state index contributed by atoms with van der Waals surface area (Å²) in [4.78, 5) is 14.4. The predicted molar refractivity (Wildman–Crippen MR) is 169 cm³/mol. The molecule has 0 radical (unpaired) electrons. The van der Waals surface area contributed by atoms with Gasteiger partial charge in [0.2, 0.25) is 6.29 Å². The van der Waals surface area contributed by atoms with Gasteiger partial charge < -0.3 is 50.3 Å². The fourth-order valence-corrected chi connectivity index (χ4v) is 12.3. The number of hydrogen-bond donors (Lipinski definition) is 8. The van der Waals surface area contributed by atoms with Gasteiger partial charge in [0.1, 0.15) is 24.4 Å². The highest BCUT2D eigenvalue weighted by atomic mass is 16.7. The first kappa shape index (κ1) is 35.7. The van der Waals surface area contributed by atoms with E-state index in [1.54, 1.807) is 6.92 Å². The maximum Gasteiger partial charge on any atom is 0.315 e. The lowest BCUT2D eigenvalue weighted by Gasteiger charge is -2.72. The highest BCUT2D eigenvalue weighted by Gasteiger charge is 2.72. The lowest BCUT2D eigenvalue weighted by atomic mass is 9.33. The molecule has 6 rings (SSSR count). The second-order valence-electron chi connectivity index (χ2n) is 18.0. The van der Waals surface area contributed by atoms with Crippen molar-refractivity contribution in [3.05, 3.63) is 11.6 Å². The smallest absolute Gasteiger partial charge is 0.315 e. The Kier molecular flexibility index (Phi) is 8.68. The molecule has 16 atom stereocenters. The Morgan fingerprint density at radius 1 is 0.851 bits per heavy atom. The Labute approximate surface area is 278 Å². The molecule has 8 N–H and O–H groups in total. The van der Waals surface area contributed by atoms with Gasteiger partial charge in [-0.3, -0.25) is 4.79 Å². The van der Waals surface area contributed by atoms with Gasteiger partial charge in [-0.1, -0.05) is 53.2 Å². The summed E-state index contributed by atoms with van der Waals surface area (Å²) in [5, 5.41) is 85.8. The minimum atomic E-state index is -1.68. The Bertz CT molecular complexity index is 1270. The van der Waals surface area contributed by atoms with Crippen LogP contribution in [0.3, 0.4) is 0 Å². The summed E-state index contributed by atoms with van der Waals surface area (Å²) >= 11 is 0. The molecule has 0 spiro atoms. The third kappa shape index (κ3) is 4.81. The largest absolute Gasteiger partial charge is 0.432 e. The minimum Gasteiger partial charge on any atom is -0.432 e. The van der Waals surface area contributed by atoms with Crippen molar-refractivity contribution >= 4 is 5.97 Å². The van der Waals surface area contributed by atoms with E-state index < -0.39 is 94.6 Å². The molecule has 1 heterocycles. The molecule has 6 aliphatic rings. The monoisotopic (exact) mass is 666 g/mol. The number of ether oxygens (including phenoxy) is 2. The third-order valence-corrected chi connectivity index (χ3v) is 15.1. The molecule has 5 fully saturated rings.